The zero-order valence-electron chi connectivity index (χ0n) is 17.9. The average molecular weight is 533 g/mol. The van der Waals surface area contributed by atoms with E-state index in [0.717, 1.165) is 18.2 Å². The van der Waals surface area contributed by atoms with Crippen molar-refractivity contribution in [2.75, 3.05) is 17.4 Å². The molecule has 14 heteroatoms. The number of hydrogen-bond donors (Lipinski definition) is 2. The van der Waals surface area contributed by atoms with Crippen molar-refractivity contribution in [2.45, 2.75) is 30.9 Å². The van der Waals surface area contributed by atoms with E-state index < -0.39 is 53.7 Å². The van der Waals surface area contributed by atoms with Crippen LogP contribution >= 0.6 is 11.6 Å². The maximum absolute atomic E-state index is 13.9. The van der Waals surface area contributed by atoms with Crippen LogP contribution in [0.3, 0.4) is 0 Å². The average Bonchev–Trinajstić information content (AvgIpc) is 3.44. The lowest BCUT2D eigenvalue weighted by Gasteiger charge is -2.33. The van der Waals surface area contributed by atoms with Crippen molar-refractivity contribution in [3.05, 3.63) is 64.3 Å². The van der Waals surface area contributed by atoms with Gasteiger partial charge in [0.2, 0.25) is 6.79 Å². The molecule has 3 aromatic rings. The van der Waals surface area contributed by atoms with Gasteiger partial charge in [0.1, 0.15) is 5.82 Å². The predicted molar refractivity (Wildman–Crippen MR) is 115 cm³/mol. The molecule has 0 saturated carbocycles. The van der Waals surface area contributed by atoms with E-state index in [1.165, 1.54) is 0 Å². The number of fused-ring (bicyclic) bond motifs is 2. The number of nitrogens with zero attached hydrogens (tertiary/aromatic N) is 2. The van der Waals surface area contributed by atoms with Gasteiger partial charge in [-0.15, -0.1) is 0 Å². The molecule has 3 heterocycles. The van der Waals surface area contributed by atoms with E-state index in [-0.39, 0.29) is 17.6 Å². The summed E-state index contributed by atoms with van der Waals surface area (Å²) in [5.41, 5.74) is -1.83. The number of ether oxygens (including phenoxy) is 2. The quantitative estimate of drug-likeness (QED) is 0.393. The summed E-state index contributed by atoms with van der Waals surface area (Å²) in [6, 6.07) is 5.60. The molecule has 0 radical (unpaired) electrons. The summed E-state index contributed by atoms with van der Waals surface area (Å²) >= 11 is 5.64. The fourth-order valence-corrected chi connectivity index (χ4v) is 4.25. The summed E-state index contributed by atoms with van der Waals surface area (Å²) in [6.45, 7) is -0.00300. The highest BCUT2D eigenvalue weighted by Gasteiger charge is 2.47. The Morgan fingerprint density at radius 2 is 1.81 bits per heavy atom. The number of nitrogens with one attached hydrogen (secondary N) is 2. The van der Waals surface area contributed by atoms with E-state index in [2.05, 4.69) is 15.7 Å². The fourth-order valence-electron chi connectivity index (χ4n) is 4.08. The first kappa shape index (κ1) is 24.1. The molecule has 1 amide bonds. The van der Waals surface area contributed by atoms with Gasteiger partial charge in [-0.05, 0) is 35.9 Å². The lowest BCUT2D eigenvalue weighted by molar-refractivity contribution is -0.173. The fraction of sp³-hybridized carbons (Fsp3) is 0.273. The predicted octanol–water partition coefficient (Wildman–Crippen LogP) is 6.20. The molecule has 2 aliphatic heterocycles. The van der Waals surface area contributed by atoms with Gasteiger partial charge in [-0.2, -0.15) is 31.4 Å². The third-order valence-electron chi connectivity index (χ3n) is 5.76. The van der Waals surface area contributed by atoms with Crippen LogP contribution in [0.5, 0.6) is 11.5 Å². The van der Waals surface area contributed by atoms with Gasteiger partial charge >= 0.3 is 12.4 Å². The van der Waals surface area contributed by atoms with Gasteiger partial charge in [-0.3, -0.25) is 4.79 Å². The molecule has 190 valence electrons. The zero-order valence-corrected chi connectivity index (χ0v) is 18.6. The zero-order chi connectivity index (χ0) is 25.8. The molecule has 0 unspecified atom stereocenters. The minimum absolute atomic E-state index is 0.00300. The van der Waals surface area contributed by atoms with E-state index >= 15 is 0 Å². The number of benzene rings is 2. The highest BCUT2D eigenvalue weighted by molar-refractivity contribution is 6.30. The SMILES string of the molecule is O=C(Nc1ccc(Cl)cc1C(F)(F)F)c1cc2n(n1)[C@H](C(F)(F)F)C[C@@H](c1ccc3c(c1)OCO3)N2. The van der Waals surface area contributed by atoms with Crippen LogP contribution in [-0.4, -0.2) is 28.7 Å². The van der Waals surface area contributed by atoms with E-state index in [4.69, 9.17) is 21.1 Å². The van der Waals surface area contributed by atoms with Crippen molar-refractivity contribution >= 4 is 29.0 Å². The van der Waals surface area contributed by atoms with Crippen molar-refractivity contribution in [1.82, 2.24) is 9.78 Å². The monoisotopic (exact) mass is 532 g/mol. The standard InChI is InChI=1S/C22H15ClF6N4O3/c23-11-2-3-13(12(6-11)21(24,25)26)31-20(34)15-8-19-30-14(7-18(22(27,28)29)33(19)32-15)10-1-4-16-17(5-10)36-9-35-16/h1-6,8,14,18,30H,7,9H2,(H,31,34)/t14-,18-/m0/s1. The molecule has 2 aromatic carbocycles. The number of alkyl halides is 6. The molecule has 0 aliphatic carbocycles. The van der Waals surface area contributed by atoms with Crippen LogP contribution < -0.4 is 20.1 Å². The van der Waals surface area contributed by atoms with E-state index in [1.54, 1.807) is 18.2 Å². The number of halogens is 7. The smallest absolute Gasteiger partial charge is 0.418 e. The Morgan fingerprint density at radius 1 is 1.06 bits per heavy atom. The second kappa shape index (κ2) is 8.50. The largest absolute Gasteiger partial charge is 0.454 e. The van der Waals surface area contributed by atoms with Gasteiger partial charge in [-0.1, -0.05) is 17.7 Å². The maximum Gasteiger partial charge on any atom is 0.418 e. The van der Waals surface area contributed by atoms with Crippen LogP contribution in [-0.2, 0) is 6.18 Å². The number of anilines is 2. The van der Waals surface area contributed by atoms with Crippen LogP contribution in [0.15, 0.2) is 42.5 Å². The Kier molecular flexibility index (Phi) is 5.69. The summed E-state index contributed by atoms with van der Waals surface area (Å²) in [4.78, 5) is 12.7. The topological polar surface area (TPSA) is 77.4 Å². The summed E-state index contributed by atoms with van der Waals surface area (Å²) in [5, 5.41) is 8.53. The molecule has 2 N–H and O–H groups in total. The number of amides is 1. The van der Waals surface area contributed by atoms with Crippen molar-refractivity contribution in [3.8, 4) is 11.5 Å². The third-order valence-corrected chi connectivity index (χ3v) is 5.99. The second-order valence-corrected chi connectivity index (χ2v) is 8.54. The van der Waals surface area contributed by atoms with Gasteiger partial charge in [0.25, 0.3) is 5.91 Å². The number of hydrogen-bond acceptors (Lipinski definition) is 5. The number of carbonyl (C=O) groups excluding carboxylic acids is 1. The van der Waals surface area contributed by atoms with Crippen LogP contribution in [0.1, 0.15) is 40.1 Å². The first-order valence-corrected chi connectivity index (χ1v) is 10.8. The van der Waals surface area contributed by atoms with Crippen molar-refractivity contribution in [1.29, 1.82) is 0 Å². The molecule has 1 aromatic heterocycles. The van der Waals surface area contributed by atoms with Crippen LogP contribution in [0.25, 0.3) is 0 Å². The molecule has 0 fully saturated rings. The molecule has 2 atom stereocenters. The van der Waals surface area contributed by atoms with Crippen LogP contribution in [0, 0.1) is 0 Å². The number of aromatic nitrogens is 2. The second-order valence-electron chi connectivity index (χ2n) is 8.10. The highest BCUT2D eigenvalue weighted by Crippen LogP contribution is 2.45. The van der Waals surface area contributed by atoms with Crippen LogP contribution in [0.4, 0.5) is 37.8 Å². The minimum atomic E-state index is -4.83. The van der Waals surface area contributed by atoms with E-state index in [1.807, 2.05) is 0 Å². The molecule has 2 aliphatic rings. The molecular formula is C22H15ClF6N4O3. The summed E-state index contributed by atoms with van der Waals surface area (Å²) in [6.07, 6.45) is -10.00. The molecule has 0 saturated heterocycles. The lowest BCUT2D eigenvalue weighted by atomic mass is 9.96. The number of rotatable bonds is 3. The first-order chi connectivity index (χ1) is 16.9. The van der Waals surface area contributed by atoms with Gasteiger partial charge in [0, 0.05) is 17.5 Å². The Morgan fingerprint density at radius 3 is 2.53 bits per heavy atom. The Balaban J connectivity index is 1.45. The van der Waals surface area contributed by atoms with Crippen molar-refractivity contribution in [3.63, 3.8) is 0 Å². The maximum atomic E-state index is 13.9. The molecule has 7 nitrogen and oxygen atoms in total. The summed E-state index contributed by atoms with van der Waals surface area (Å²) < 4.78 is 93.0. The molecule has 5 rings (SSSR count). The minimum Gasteiger partial charge on any atom is -0.454 e. The Bertz CT molecular complexity index is 1340. The summed E-state index contributed by atoms with van der Waals surface area (Å²) in [7, 11) is 0. The molecule has 0 bridgehead atoms. The Labute approximate surface area is 203 Å². The normalized spacial score (nSPS) is 19.0. The Hall–Kier alpha value is -3.61. The van der Waals surface area contributed by atoms with Gasteiger partial charge in [-0.25, -0.2) is 4.68 Å². The van der Waals surface area contributed by atoms with E-state index in [9.17, 15) is 31.1 Å². The molecule has 0 spiro atoms. The van der Waals surface area contributed by atoms with Gasteiger partial charge < -0.3 is 20.1 Å². The third kappa shape index (κ3) is 4.50. The van der Waals surface area contributed by atoms with Gasteiger partial charge in [0.15, 0.2) is 23.2 Å². The lowest BCUT2D eigenvalue weighted by Crippen LogP contribution is -2.35. The molecule has 36 heavy (non-hydrogen) atoms. The van der Waals surface area contributed by atoms with Gasteiger partial charge in [0.05, 0.1) is 17.3 Å². The van der Waals surface area contributed by atoms with Crippen molar-refractivity contribution < 1.29 is 40.6 Å². The molecular weight excluding hydrogens is 518 g/mol. The number of carbonyl (C=O) groups is 1. The van der Waals surface area contributed by atoms with E-state index in [0.29, 0.717) is 27.8 Å². The highest BCUT2D eigenvalue weighted by atomic mass is 35.5. The van der Waals surface area contributed by atoms with Crippen molar-refractivity contribution in [2.24, 2.45) is 0 Å². The first-order valence-electron chi connectivity index (χ1n) is 10.4. The summed E-state index contributed by atoms with van der Waals surface area (Å²) in [5.74, 6) is -0.387. The van der Waals surface area contributed by atoms with Crippen LogP contribution in [0.2, 0.25) is 5.02 Å².